The van der Waals surface area contributed by atoms with Crippen LogP contribution in [0.3, 0.4) is 0 Å². The third kappa shape index (κ3) is 3.40. The van der Waals surface area contributed by atoms with Crippen LogP contribution in [0, 0.1) is 5.82 Å². The molecule has 11 heteroatoms. The molecular formula is C17H8Cl3F4NO3. The summed E-state index contributed by atoms with van der Waals surface area (Å²) in [4.78, 5) is 15.8. The van der Waals surface area contributed by atoms with Crippen LogP contribution >= 0.6 is 34.8 Å². The Bertz CT molecular complexity index is 987. The molecule has 0 saturated heterocycles. The van der Waals surface area contributed by atoms with E-state index in [1.54, 1.807) is 0 Å². The van der Waals surface area contributed by atoms with Gasteiger partial charge in [0.2, 0.25) is 0 Å². The summed E-state index contributed by atoms with van der Waals surface area (Å²) >= 11 is 17.1. The average Bonchev–Trinajstić information content (AvgIpc) is 3.05. The van der Waals surface area contributed by atoms with Gasteiger partial charge in [-0.15, -0.1) is 0 Å². The van der Waals surface area contributed by atoms with Gasteiger partial charge in [0.05, 0.1) is 26.3 Å². The molecular weight excluding hydrogens is 449 g/mol. The molecule has 3 rings (SSSR count). The van der Waals surface area contributed by atoms with Crippen molar-refractivity contribution < 1.29 is 32.3 Å². The lowest BCUT2D eigenvalue weighted by atomic mass is 9.86. The Morgan fingerprint density at radius 1 is 1.11 bits per heavy atom. The number of carboxylic acids is 1. The summed E-state index contributed by atoms with van der Waals surface area (Å²) in [6, 6.07) is 5.12. The van der Waals surface area contributed by atoms with Crippen LogP contribution in [-0.4, -0.2) is 23.0 Å². The SMILES string of the molecule is O=C(O)c1ccc(C2=NO[C@@](c3cc(Cl)c(F)c(Cl)c3)(C(F)(F)F)C2)cc1Cl. The summed E-state index contributed by atoms with van der Waals surface area (Å²) in [7, 11) is 0. The van der Waals surface area contributed by atoms with Crippen LogP contribution in [0.2, 0.25) is 15.1 Å². The van der Waals surface area contributed by atoms with Crippen LogP contribution in [0.5, 0.6) is 0 Å². The lowest BCUT2D eigenvalue weighted by Crippen LogP contribution is -2.42. The van der Waals surface area contributed by atoms with Crippen molar-refractivity contribution in [2.24, 2.45) is 5.16 Å². The van der Waals surface area contributed by atoms with E-state index in [4.69, 9.17) is 44.7 Å². The summed E-state index contributed by atoms with van der Waals surface area (Å²) in [6.07, 6.45) is -5.73. The molecule has 2 aromatic carbocycles. The molecule has 1 N–H and O–H groups in total. The van der Waals surface area contributed by atoms with E-state index in [2.05, 4.69) is 5.16 Å². The van der Waals surface area contributed by atoms with Gasteiger partial charge in [-0.2, -0.15) is 13.2 Å². The van der Waals surface area contributed by atoms with Gasteiger partial charge < -0.3 is 9.94 Å². The van der Waals surface area contributed by atoms with E-state index < -0.39 is 45.6 Å². The minimum atomic E-state index is -4.95. The normalized spacial score (nSPS) is 19.3. The lowest BCUT2D eigenvalue weighted by Gasteiger charge is -2.29. The maximum Gasteiger partial charge on any atom is 0.435 e. The van der Waals surface area contributed by atoms with Gasteiger partial charge in [-0.05, 0) is 24.3 Å². The highest BCUT2D eigenvalue weighted by molar-refractivity contribution is 6.35. The molecule has 0 saturated carbocycles. The molecule has 1 aliphatic heterocycles. The number of benzene rings is 2. The van der Waals surface area contributed by atoms with Gasteiger partial charge in [-0.3, -0.25) is 0 Å². The first kappa shape index (κ1) is 20.7. The van der Waals surface area contributed by atoms with Crippen LogP contribution in [0.1, 0.15) is 27.9 Å². The quantitative estimate of drug-likeness (QED) is 0.451. The summed E-state index contributed by atoms with van der Waals surface area (Å²) < 4.78 is 55.4. The third-order valence-corrected chi connectivity index (χ3v) is 5.03. The van der Waals surface area contributed by atoms with E-state index in [0.717, 1.165) is 18.2 Å². The molecule has 0 aliphatic carbocycles. The summed E-state index contributed by atoms with van der Waals surface area (Å²) in [5, 5.41) is 11.1. The van der Waals surface area contributed by atoms with Crippen LogP contribution in [-0.2, 0) is 10.4 Å². The summed E-state index contributed by atoms with van der Waals surface area (Å²) in [6.45, 7) is 0. The molecule has 0 spiro atoms. The van der Waals surface area contributed by atoms with Gasteiger partial charge in [0.15, 0.2) is 5.82 Å². The van der Waals surface area contributed by atoms with Gasteiger partial charge in [-0.1, -0.05) is 46.0 Å². The minimum absolute atomic E-state index is 0.132. The molecule has 2 aromatic rings. The molecule has 1 atom stereocenters. The molecule has 0 aromatic heterocycles. The van der Waals surface area contributed by atoms with Crippen LogP contribution < -0.4 is 0 Å². The van der Waals surface area contributed by atoms with Gasteiger partial charge in [-0.25, -0.2) is 9.18 Å². The van der Waals surface area contributed by atoms with Crippen molar-refractivity contribution in [3.05, 3.63) is 67.9 Å². The molecule has 148 valence electrons. The minimum Gasteiger partial charge on any atom is -0.478 e. The zero-order chi connectivity index (χ0) is 20.9. The van der Waals surface area contributed by atoms with Crippen LogP contribution in [0.4, 0.5) is 17.6 Å². The first-order chi connectivity index (χ1) is 13.0. The van der Waals surface area contributed by atoms with E-state index in [1.165, 1.54) is 12.1 Å². The fraction of sp³-hybridized carbons (Fsp3) is 0.176. The van der Waals surface area contributed by atoms with Crippen LogP contribution in [0.15, 0.2) is 35.5 Å². The number of hydrogen-bond donors (Lipinski definition) is 1. The number of hydrogen-bond acceptors (Lipinski definition) is 3. The van der Waals surface area contributed by atoms with E-state index in [9.17, 15) is 22.4 Å². The maximum absolute atomic E-state index is 13.9. The number of halogens is 7. The number of carboxylic acid groups (broad SMARTS) is 1. The molecule has 0 radical (unpaired) electrons. The zero-order valence-corrected chi connectivity index (χ0v) is 15.7. The van der Waals surface area contributed by atoms with Crippen molar-refractivity contribution in [1.29, 1.82) is 0 Å². The molecule has 0 fully saturated rings. The monoisotopic (exact) mass is 455 g/mol. The first-order valence-corrected chi connectivity index (χ1v) is 8.59. The van der Waals surface area contributed by atoms with Crippen LogP contribution in [0.25, 0.3) is 0 Å². The second kappa shape index (κ2) is 7.09. The number of alkyl halides is 3. The Hall–Kier alpha value is -2.03. The largest absolute Gasteiger partial charge is 0.478 e. The van der Waals surface area contributed by atoms with E-state index in [1.807, 2.05) is 0 Å². The van der Waals surface area contributed by atoms with E-state index >= 15 is 0 Å². The van der Waals surface area contributed by atoms with E-state index in [-0.39, 0.29) is 21.9 Å². The van der Waals surface area contributed by atoms with Crippen molar-refractivity contribution in [2.45, 2.75) is 18.2 Å². The lowest BCUT2D eigenvalue weighted by molar-refractivity contribution is -0.275. The molecule has 28 heavy (non-hydrogen) atoms. The fourth-order valence-electron chi connectivity index (χ4n) is 2.72. The molecule has 0 bridgehead atoms. The Balaban J connectivity index is 2.04. The predicted molar refractivity (Wildman–Crippen MR) is 94.8 cm³/mol. The summed E-state index contributed by atoms with van der Waals surface area (Å²) in [5.41, 5.74) is -3.68. The van der Waals surface area contributed by atoms with Gasteiger partial charge in [0.25, 0.3) is 5.60 Å². The smallest absolute Gasteiger partial charge is 0.435 e. The second-order valence-corrected chi connectivity index (χ2v) is 7.11. The summed E-state index contributed by atoms with van der Waals surface area (Å²) in [5.74, 6) is -2.35. The van der Waals surface area contributed by atoms with Gasteiger partial charge in [0.1, 0.15) is 0 Å². The fourth-order valence-corrected chi connectivity index (χ4v) is 3.46. The second-order valence-electron chi connectivity index (χ2n) is 5.88. The van der Waals surface area contributed by atoms with E-state index in [0.29, 0.717) is 0 Å². The number of rotatable bonds is 3. The van der Waals surface area contributed by atoms with Crippen molar-refractivity contribution in [3.8, 4) is 0 Å². The molecule has 1 aliphatic rings. The average molecular weight is 457 g/mol. The first-order valence-electron chi connectivity index (χ1n) is 7.46. The van der Waals surface area contributed by atoms with Crippen molar-refractivity contribution in [2.75, 3.05) is 0 Å². The highest BCUT2D eigenvalue weighted by atomic mass is 35.5. The molecule has 0 unspecified atom stereocenters. The Labute approximate surface area is 170 Å². The predicted octanol–water partition coefficient (Wildman–Crippen LogP) is 6.07. The number of carbonyl (C=O) groups is 1. The van der Waals surface area contributed by atoms with Crippen molar-refractivity contribution in [1.82, 2.24) is 0 Å². The highest BCUT2D eigenvalue weighted by Gasteiger charge is 2.62. The molecule has 1 heterocycles. The number of aromatic carboxylic acids is 1. The topological polar surface area (TPSA) is 58.9 Å². The van der Waals surface area contributed by atoms with Gasteiger partial charge in [0, 0.05) is 17.5 Å². The highest BCUT2D eigenvalue weighted by Crippen LogP contribution is 2.50. The third-order valence-electron chi connectivity index (χ3n) is 4.17. The Kier molecular flexibility index (Phi) is 5.24. The van der Waals surface area contributed by atoms with Gasteiger partial charge >= 0.3 is 12.1 Å². The molecule has 4 nitrogen and oxygen atoms in total. The number of nitrogens with zero attached hydrogens (tertiary/aromatic N) is 1. The maximum atomic E-state index is 13.9. The Morgan fingerprint density at radius 2 is 1.71 bits per heavy atom. The zero-order valence-electron chi connectivity index (χ0n) is 13.5. The molecule has 0 amide bonds. The van der Waals surface area contributed by atoms with Crippen molar-refractivity contribution >= 4 is 46.5 Å². The standard InChI is InChI=1S/C17H8Cl3F4NO3/c18-10-3-7(1-2-9(10)15(26)27)13-6-16(28-25-13,17(22,23)24)8-4-11(19)14(21)12(20)5-8/h1-5H,6H2,(H,26,27)/t16-/m0/s1. The van der Waals surface area contributed by atoms with Crippen molar-refractivity contribution in [3.63, 3.8) is 0 Å². The number of oxime groups is 1. The Morgan fingerprint density at radius 3 is 2.21 bits per heavy atom.